The van der Waals surface area contributed by atoms with E-state index in [9.17, 15) is 4.79 Å². The van der Waals surface area contributed by atoms with Crippen molar-refractivity contribution in [1.29, 1.82) is 0 Å². The van der Waals surface area contributed by atoms with Gasteiger partial charge < -0.3 is 20.1 Å². The number of aromatic carboxylic acids is 1. The first kappa shape index (κ1) is 14.8. The van der Waals surface area contributed by atoms with E-state index in [4.69, 9.17) is 9.84 Å². The third kappa shape index (κ3) is 4.51. The summed E-state index contributed by atoms with van der Waals surface area (Å²) in [6.45, 7) is 5.65. The molecule has 5 nitrogen and oxygen atoms in total. The molecule has 0 atom stereocenters. The van der Waals surface area contributed by atoms with Crippen LogP contribution in [0.3, 0.4) is 0 Å². The maximum atomic E-state index is 11.0. The first-order chi connectivity index (χ1) is 9.77. The van der Waals surface area contributed by atoms with E-state index in [2.05, 4.69) is 10.2 Å². The van der Waals surface area contributed by atoms with E-state index >= 15 is 0 Å². The fourth-order valence-corrected chi connectivity index (χ4v) is 2.37. The molecule has 1 saturated heterocycles. The highest BCUT2D eigenvalue weighted by Gasteiger charge is 2.11. The summed E-state index contributed by atoms with van der Waals surface area (Å²) in [5, 5.41) is 12.3. The summed E-state index contributed by atoms with van der Waals surface area (Å²) < 4.78 is 5.51. The molecule has 2 rings (SSSR count). The summed E-state index contributed by atoms with van der Waals surface area (Å²) in [6.07, 6.45) is 2.63. The minimum atomic E-state index is -0.956. The van der Waals surface area contributed by atoms with E-state index in [-0.39, 0.29) is 5.56 Å². The van der Waals surface area contributed by atoms with Crippen LogP contribution in [0.4, 0.5) is 0 Å². The molecule has 0 unspecified atom stereocenters. The number of carboxylic acid groups (broad SMARTS) is 1. The molecule has 0 amide bonds. The normalized spacial score (nSPS) is 15.4. The van der Waals surface area contributed by atoms with Crippen molar-refractivity contribution in [3.8, 4) is 5.75 Å². The second-order valence-corrected chi connectivity index (χ2v) is 4.95. The zero-order chi connectivity index (χ0) is 14.2. The van der Waals surface area contributed by atoms with E-state index in [1.54, 1.807) is 24.3 Å². The Morgan fingerprint density at radius 1 is 1.25 bits per heavy atom. The van der Waals surface area contributed by atoms with Gasteiger partial charge in [-0.3, -0.25) is 0 Å². The Bertz CT molecular complexity index is 431. The van der Waals surface area contributed by atoms with Crippen LogP contribution in [-0.4, -0.2) is 55.3 Å². The van der Waals surface area contributed by atoms with Gasteiger partial charge in [0, 0.05) is 19.6 Å². The van der Waals surface area contributed by atoms with Gasteiger partial charge in [0.15, 0.2) is 0 Å². The highest BCUT2D eigenvalue weighted by atomic mass is 16.5. The lowest BCUT2D eigenvalue weighted by molar-refractivity contribution is 0.0692. The van der Waals surface area contributed by atoms with Crippen LogP contribution in [0.25, 0.3) is 0 Å². The number of hydrogen-bond donors (Lipinski definition) is 2. The molecule has 20 heavy (non-hydrogen) atoms. The summed E-state index contributed by atoms with van der Waals surface area (Å²) >= 11 is 0. The van der Waals surface area contributed by atoms with Gasteiger partial charge >= 0.3 is 5.97 Å². The minimum absolute atomic E-state index is 0.213. The van der Waals surface area contributed by atoms with Gasteiger partial charge in [-0.2, -0.15) is 0 Å². The molecule has 1 fully saturated rings. The molecule has 1 aromatic rings. The zero-order valence-corrected chi connectivity index (χ0v) is 11.7. The van der Waals surface area contributed by atoms with Crippen molar-refractivity contribution in [2.75, 3.05) is 39.3 Å². The van der Waals surface area contributed by atoms with Crippen molar-refractivity contribution < 1.29 is 14.6 Å². The monoisotopic (exact) mass is 278 g/mol. The highest BCUT2D eigenvalue weighted by Crippen LogP contribution is 2.17. The lowest BCUT2D eigenvalue weighted by atomic mass is 10.2. The average Bonchev–Trinajstić information content (AvgIpc) is 2.96. The lowest BCUT2D eigenvalue weighted by Crippen LogP contribution is -2.32. The summed E-state index contributed by atoms with van der Waals surface area (Å²) in [5.74, 6) is -0.524. The number of hydrogen-bond acceptors (Lipinski definition) is 4. The Hall–Kier alpha value is -1.59. The van der Waals surface area contributed by atoms with Gasteiger partial charge in [-0.1, -0.05) is 12.1 Å². The molecule has 0 spiro atoms. The highest BCUT2D eigenvalue weighted by molar-refractivity contribution is 5.90. The van der Waals surface area contributed by atoms with Gasteiger partial charge in [0.05, 0.1) is 0 Å². The molecule has 1 aromatic carbocycles. The average molecular weight is 278 g/mol. The molecular weight excluding hydrogens is 256 g/mol. The molecule has 0 radical (unpaired) electrons. The first-order valence-corrected chi connectivity index (χ1v) is 7.15. The molecule has 1 aliphatic heterocycles. The fraction of sp³-hybridized carbons (Fsp3) is 0.533. The van der Waals surface area contributed by atoms with Crippen LogP contribution in [-0.2, 0) is 0 Å². The molecule has 1 heterocycles. The van der Waals surface area contributed by atoms with Crippen molar-refractivity contribution in [2.45, 2.75) is 12.8 Å². The number of nitrogens with zero attached hydrogens (tertiary/aromatic N) is 1. The van der Waals surface area contributed by atoms with Gasteiger partial charge in [0.25, 0.3) is 0 Å². The van der Waals surface area contributed by atoms with E-state index in [1.165, 1.54) is 25.9 Å². The number of benzene rings is 1. The number of ether oxygens (including phenoxy) is 1. The van der Waals surface area contributed by atoms with Gasteiger partial charge in [0.2, 0.25) is 0 Å². The van der Waals surface area contributed by atoms with Crippen LogP contribution in [0.5, 0.6) is 5.75 Å². The molecule has 5 heteroatoms. The summed E-state index contributed by atoms with van der Waals surface area (Å²) in [7, 11) is 0. The number of carboxylic acids is 1. The maximum absolute atomic E-state index is 11.0. The Morgan fingerprint density at radius 3 is 2.75 bits per heavy atom. The molecule has 0 bridgehead atoms. The van der Waals surface area contributed by atoms with Gasteiger partial charge in [-0.05, 0) is 38.1 Å². The van der Waals surface area contributed by atoms with Crippen molar-refractivity contribution in [3.63, 3.8) is 0 Å². The Kier molecular flexibility index (Phi) is 5.83. The lowest BCUT2D eigenvalue weighted by Gasteiger charge is -2.15. The largest absolute Gasteiger partial charge is 0.491 e. The van der Waals surface area contributed by atoms with E-state index in [0.717, 1.165) is 19.6 Å². The molecule has 110 valence electrons. The molecule has 0 saturated carbocycles. The topological polar surface area (TPSA) is 61.8 Å². The summed E-state index contributed by atoms with van der Waals surface area (Å²) in [5.41, 5.74) is 0.213. The number of rotatable bonds is 8. The van der Waals surface area contributed by atoms with Crippen LogP contribution >= 0.6 is 0 Å². The molecule has 0 aliphatic carbocycles. The quantitative estimate of drug-likeness (QED) is 0.705. The third-order valence-electron chi connectivity index (χ3n) is 3.46. The van der Waals surface area contributed by atoms with Gasteiger partial charge in [0.1, 0.15) is 17.9 Å². The zero-order valence-electron chi connectivity index (χ0n) is 11.7. The maximum Gasteiger partial charge on any atom is 0.339 e. The molecular formula is C15H22N2O3. The standard InChI is InChI=1S/C15H22N2O3/c18-15(19)13-5-1-2-6-14(13)20-12-8-16-7-11-17-9-3-4-10-17/h1-2,5-6,16H,3-4,7-12H2,(H,18,19). The van der Waals surface area contributed by atoms with E-state index in [1.807, 2.05) is 0 Å². The van der Waals surface area contributed by atoms with E-state index in [0.29, 0.717) is 12.4 Å². The predicted octanol–water partition coefficient (Wildman–Crippen LogP) is 1.45. The second kappa shape index (κ2) is 7.87. The number of likely N-dealkylation sites (tertiary alicyclic amines) is 1. The van der Waals surface area contributed by atoms with Gasteiger partial charge in [-0.25, -0.2) is 4.79 Å². The number of nitrogens with one attached hydrogen (secondary N) is 1. The van der Waals surface area contributed by atoms with Crippen LogP contribution in [0.2, 0.25) is 0 Å². The molecule has 1 aliphatic rings. The van der Waals surface area contributed by atoms with Crippen molar-refractivity contribution in [2.24, 2.45) is 0 Å². The van der Waals surface area contributed by atoms with Crippen LogP contribution in [0.1, 0.15) is 23.2 Å². The molecule has 2 N–H and O–H groups in total. The summed E-state index contributed by atoms with van der Waals surface area (Å²) in [6, 6.07) is 6.72. The predicted molar refractivity (Wildman–Crippen MR) is 77.4 cm³/mol. The van der Waals surface area contributed by atoms with Gasteiger partial charge in [-0.15, -0.1) is 0 Å². The SMILES string of the molecule is O=C(O)c1ccccc1OCCNCCN1CCCC1. The fourth-order valence-electron chi connectivity index (χ4n) is 2.37. The Morgan fingerprint density at radius 2 is 2.00 bits per heavy atom. The first-order valence-electron chi connectivity index (χ1n) is 7.15. The summed E-state index contributed by atoms with van der Waals surface area (Å²) in [4.78, 5) is 13.5. The molecule has 0 aromatic heterocycles. The Labute approximate surface area is 119 Å². The van der Waals surface area contributed by atoms with Crippen molar-refractivity contribution in [1.82, 2.24) is 10.2 Å². The van der Waals surface area contributed by atoms with Crippen LogP contribution in [0.15, 0.2) is 24.3 Å². The van der Waals surface area contributed by atoms with Crippen LogP contribution < -0.4 is 10.1 Å². The number of carbonyl (C=O) groups is 1. The van der Waals surface area contributed by atoms with E-state index < -0.39 is 5.97 Å². The second-order valence-electron chi connectivity index (χ2n) is 4.95. The van der Waals surface area contributed by atoms with Crippen LogP contribution in [0, 0.1) is 0 Å². The third-order valence-corrected chi connectivity index (χ3v) is 3.46. The Balaban J connectivity index is 1.62. The number of para-hydroxylation sites is 1. The van der Waals surface area contributed by atoms with Crippen molar-refractivity contribution in [3.05, 3.63) is 29.8 Å². The minimum Gasteiger partial charge on any atom is -0.491 e. The smallest absolute Gasteiger partial charge is 0.339 e. The van der Waals surface area contributed by atoms with Crippen molar-refractivity contribution >= 4 is 5.97 Å².